The quantitative estimate of drug-likeness (QED) is 0.176. The summed E-state index contributed by atoms with van der Waals surface area (Å²) in [6.07, 6.45) is 4.89. The Balaban J connectivity index is 0.00000306. The van der Waals surface area contributed by atoms with E-state index in [2.05, 4.69) is 70.0 Å². The molecule has 4 aromatic rings. The predicted octanol–water partition coefficient (Wildman–Crippen LogP) is 4.59. The van der Waals surface area contributed by atoms with Gasteiger partial charge in [0.2, 0.25) is 0 Å². The number of hydrogen-bond acceptors (Lipinski definition) is 3. The lowest BCUT2D eigenvalue weighted by Crippen LogP contribution is -2.38. The Bertz CT molecular complexity index is 1220. The molecule has 0 spiro atoms. The van der Waals surface area contributed by atoms with Crippen molar-refractivity contribution in [2.24, 2.45) is 4.99 Å². The van der Waals surface area contributed by atoms with Gasteiger partial charge in [0.05, 0.1) is 12.2 Å². The van der Waals surface area contributed by atoms with Gasteiger partial charge in [-0.05, 0) is 69.0 Å². The lowest BCUT2D eigenvalue weighted by atomic mass is 10.1. The molecule has 0 unspecified atom stereocenters. The van der Waals surface area contributed by atoms with Crippen LogP contribution in [0.3, 0.4) is 0 Å². The van der Waals surface area contributed by atoms with Crippen LogP contribution in [-0.4, -0.2) is 38.8 Å². The summed E-state index contributed by atoms with van der Waals surface area (Å²) in [5, 5.41) is 12.5. The van der Waals surface area contributed by atoms with E-state index in [1.807, 2.05) is 36.9 Å². The number of aromatic amines is 1. The van der Waals surface area contributed by atoms with Crippen LogP contribution in [0.5, 0.6) is 0 Å². The van der Waals surface area contributed by atoms with Gasteiger partial charge >= 0.3 is 0 Å². The highest BCUT2D eigenvalue weighted by molar-refractivity contribution is 14.0. The van der Waals surface area contributed by atoms with Crippen molar-refractivity contribution in [3.63, 3.8) is 0 Å². The molecule has 4 rings (SSSR count). The molecule has 0 amide bonds. The van der Waals surface area contributed by atoms with Gasteiger partial charge in [-0.1, -0.05) is 18.2 Å². The van der Waals surface area contributed by atoms with Gasteiger partial charge in [-0.25, -0.2) is 14.7 Å². The van der Waals surface area contributed by atoms with Crippen molar-refractivity contribution in [3.05, 3.63) is 76.9 Å². The second-order valence-corrected chi connectivity index (χ2v) is 8.10. The fourth-order valence-electron chi connectivity index (χ4n) is 3.83. The van der Waals surface area contributed by atoms with Crippen LogP contribution < -0.4 is 10.6 Å². The Morgan fingerprint density at radius 1 is 1.09 bits per heavy atom. The molecule has 0 aliphatic carbocycles. The minimum absolute atomic E-state index is 0. The number of aromatic nitrogens is 4. The van der Waals surface area contributed by atoms with Crippen molar-refractivity contribution in [1.29, 1.82) is 0 Å². The summed E-state index contributed by atoms with van der Waals surface area (Å²) in [6.45, 7) is 10.4. The van der Waals surface area contributed by atoms with Crippen LogP contribution in [0.1, 0.15) is 35.0 Å². The highest BCUT2D eigenvalue weighted by Gasteiger charge is 2.06. The SMILES string of the molecule is CCNC(=NCc1ccc(-n2nc(C)cc2C)nc1)NCCc1c[nH]c2cc(C)ccc12.I. The number of nitrogens with one attached hydrogen (secondary N) is 3. The van der Waals surface area contributed by atoms with E-state index in [9.17, 15) is 0 Å². The average molecular weight is 557 g/mol. The second-order valence-electron chi connectivity index (χ2n) is 8.10. The first-order valence-electron chi connectivity index (χ1n) is 11.1. The molecule has 8 heteroatoms. The maximum absolute atomic E-state index is 4.72. The molecule has 33 heavy (non-hydrogen) atoms. The molecule has 0 aliphatic heterocycles. The first kappa shape index (κ1) is 24.8. The van der Waals surface area contributed by atoms with E-state index >= 15 is 0 Å². The highest BCUT2D eigenvalue weighted by atomic mass is 127. The minimum atomic E-state index is 0. The molecule has 174 valence electrons. The molecule has 0 aliphatic rings. The van der Waals surface area contributed by atoms with E-state index in [1.165, 1.54) is 22.0 Å². The van der Waals surface area contributed by atoms with Crippen LogP contribution in [0.25, 0.3) is 16.7 Å². The monoisotopic (exact) mass is 557 g/mol. The van der Waals surface area contributed by atoms with Crippen LogP contribution in [0.2, 0.25) is 0 Å². The van der Waals surface area contributed by atoms with Gasteiger partial charge in [0.25, 0.3) is 0 Å². The van der Waals surface area contributed by atoms with Gasteiger partial charge < -0.3 is 15.6 Å². The minimum Gasteiger partial charge on any atom is -0.361 e. The van der Waals surface area contributed by atoms with E-state index in [0.29, 0.717) is 6.54 Å². The molecule has 1 aromatic carbocycles. The molecule has 3 aromatic heterocycles. The number of halogens is 1. The molecule has 3 heterocycles. The summed E-state index contributed by atoms with van der Waals surface area (Å²) in [5.74, 6) is 1.63. The lowest BCUT2D eigenvalue weighted by Gasteiger charge is -2.11. The van der Waals surface area contributed by atoms with Crippen LogP contribution >= 0.6 is 24.0 Å². The van der Waals surface area contributed by atoms with Gasteiger partial charge in [0.1, 0.15) is 0 Å². The topological polar surface area (TPSA) is 82.9 Å². The fraction of sp³-hybridized carbons (Fsp3) is 0.320. The number of fused-ring (bicyclic) bond motifs is 1. The van der Waals surface area contributed by atoms with Crippen LogP contribution in [0, 0.1) is 20.8 Å². The largest absolute Gasteiger partial charge is 0.361 e. The third kappa shape index (κ3) is 6.13. The summed E-state index contributed by atoms with van der Waals surface area (Å²) >= 11 is 0. The highest BCUT2D eigenvalue weighted by Crippen LogP contribution is 2.19. The normalized spacial score (nSPS) is 11.5. The molecule has 0 saturated carbocycles. The molecular formula is C25H32IN7. The van der Waals surface area contributed by atoms with Gasteiger partial charge in [-0.15, -0.1) is 24.0 Å². The summed E-state index contributed by atoms with van der Waals surface area (Å²) in [7, 11) is 0. The summed E-state index contributed by atoms with van der Waals surface area (Å²) < 4.78 is 1.86. The molecule has 0 saturated heterocycles. The number of guanidine groups is 1. The van der Waals surface area contributed by atoms with Crippen molar-refractivity contribution in [3.8, 4) is 5.82 Å². The Hall–Kier alpha value is -2.88. The molecule has 3 N–H and O–H groups in total. The van der Waals surface area contributed by atoms with Crippen LogP contribution in [0.4, 0.5) is 0 Å². The summed E-state index contributed by atoms with van der Waals surface area (Å²) in [6, 6.07) is 12.6. The van der Waals surface area contributed by atoms with E-state index in [4.69, 9.17) is 4.99 Å². The Morgan fingerprint density at radius 3 is 2.64 bits per heavy atom. The van der Waals surface area contributed by atoms with Crippen molar-refractivity contribution in [2.75, 3.05) is 13.1 Å². The maximum Gasteiger partial charge on any atom is 0.191 e. The zero-order valence-electron chi connectivity index (χ0n) is 19.6. The Kier molecular flexibility index (Phi) is 8.49. The number of benzene rings is 1. The molecular weight excluding hydrogens is 525 g/mol. The molecule has 0 radical (unpaired) electrons. The molecule has 0 atom stereocenters. The summed E-state index contributed by atoms with van der Waals surface area (Å²) in [5.41, 5.74) is 6.89. The van der Waals surface area contributed by atoms with Crippen molar-refractivity contribution in [2.45, 2.75) is 40.7 Å². The van der Waals surface area contributed by atoms with Crippen LogP contribution in [0.15, 0.2) is 53.8 Å². The number of aryl methyl sites for hydroxylation is 3. The van der Waals surface area contributed by atoms with E-state index < -0.39 is 0 Å². The van der Waals surface area contributed by atoms with Gasteiger partial charge in [0.15, 0.2) is 11.8 Å². The lowest BCUT2D eigenvalue weighted by molar-refractivity contribution is 0.795. The molecule has 0 bridgehead atoms. The second kappa shape index (κ2) is 11.3. The van der Waals surface area contributed by atoms with Gasteiger partial charge in [-0.2, -0.15) is 5.10 Å². The van der Waals surface area contributed by atoms with E-state index in [0.717, 1.165) is 48.2 Å². The van der Waals surface area contributed by atoms with Crippen LogP contribution in [-0.2, 0) is 13.0 Å². The maximum atomic E-state index is 4.72. The van der Waals surface area contributed by atoms with E-state index in [1.54, 1.807) is 0 Å². The molecule has 0 fully saturated rings. The predicted molar refractivity (Wildman–Crippen MR) is 146 cm³/mol. The average Bonchev–Trinajstić information content (AvgIpc) is 3.34. The first-order chi connectivity index (χ1) is 15.5. The zero-order chi connectivity index (χ0) is 22.5. The number of pyridine rings is 1. The fourth-order valence-corrected chi connectivity index (χ4v) is 3.83. The number of H-pyrrole nitrogens is 1. The number of nitrogens with zero attached hydrogens (tertiary/aromatic N) is 4. The zero-order valence-corrected chi connectivity index (χ0v) is 22.0. The van der Waals surface area contributed by atoms with Crippen molar-refractivity contribution < 1.29 is 0 Å². The standard InChI is InChI=1S/C25H31N7.HI/c1-5-26-25(27-11-10-21-16-28-23-12-17(2)6-8-22(21)23)30-15-20-7-9-24(29-14-20)32-19(4)13-18(3)31-32;/h6-9,12-14,16,28H,5,10-11,15H2,1-4H3,(H2,26,27,30);1H. The summed E-state index contributed by atoms with van der Waals surface area (Å²) in [4.78, 5) is 12.7. The third-order valence-electron chi connectivity index (χ3n) is 5.41. The van der Waals surface area contributed by atoms with Crippen molar-refractivity contribution >= 4 is 40.8 Å². The van der Waals surface area contributed by atoms with E-state index in [-0.39, 0.29) is 24.0 Å². The van der Waals surface area contributed by atoms with Crippen molar-refractivity contribution in [1.82, 2.24) is 30.4 Å². The first-order valence-corrected chi connectivity index (χ1v) is 11.1. The van der Waals surface area contributed by atoms with Gasteiger partial charge in [-0.3, -0.25) is 0 Å². The third-order valence-corrected chi connectivity index (χ3v) is 5.41. The Labute approximate surface area is 212 Å². The number of rotatable bonds is 7. The number of hydrogen-bond donors (Lipinski definition) is 3. The smallest absolute Gasteiger partial charge is 0.191 e. The van der Waals surface area contributed by atoms with Gasteiger partial charge in [0, 0.05) is 42.1 Å². The number of aliphatic imine (C=N–C) groups is 1. The Morgan fingerprint density at radius 2 is 1.94 bits per heavy atom. The molecule has 7 nitrogen and oxygen atoms in total.